The van der Waals surface area contributed by atoms with E-state index in [4.69, 9.17) is 15.2 Å². The molecule has 0 aliphatic rings. The Hall–Kier alpha value is -1.71. The van der Waals surface area contributed by atoms with Gasteiger partial charge < -0.3 is 15.2 Å². The summed E-state index contributed by atoms with van der Waals surface area (Å²) >= 11 is 0. The van der Waals surface area contributed by atoms with E-state index >= 15 is 0 Å². The van der Waals surface area contributed by atoms with Crippen molar-refractivity contribution >= 4 is 11.7 Å². The highest BCUT2D eigenvalue weighted by atomic mass is 16.5. The topological polar surface area (TPSA) is 61.5 Å². The Labute approximate surface area is 114 Å². The number of nitrogen functional groups attached to an aromatic ring is 1. The fourth-order valence-electron chi connectivity index (χ4n) is 1.72. The number of carbonyl (C=O) groups is 1. The van der Waals surface area contributed by atoms with E-state index in [-0.39, 0.29) is 0 Å². The lowest BCUT2D eigenvalue weighted by Crippen LogP contribution is -2.09. The lowest BCUT2D eigenvalue weighted by Gasteiger charge is -2.12. The van der Waals surface area contributed by atoms with Crippen molar-refractivity contribution in [2.75, 3.05) is 18.9 Å². The Morgan fingerprint density at radius 1 is 1.37 bits per heavy atom. The van der Waals surface area contributed by atoms with Crippen molar-refractivity contribution in [2.45, 2.75) is 33.6 Å². The van der Waals surface area contributed by atoms with Crippen LogP contribution in [-0.2, 0) is 4.74 Å². The Morgan fingerprint density at radius 2 is 2.11 bits per heavy atom. The van der Waals surface area contributed by atoms with Gasteiger partial charge in [0.25, 0.3) is 0 Å². The number of rotatable bonds is 7. The summed E-state index contributed by atoms with van der Waals surface area (Å²) < 4.78 is 10.6. The molecule has 0 amide bonds. The van der Waals surface area contributed by atoms with Crippen molar-refractivity contribution < 1.29 is 14.3 Å². The van der Waals surface area contributed by atoms with Gasteiger partial charge in [-0.1, -0.05) is 13.8 Å². The van der Waals surface area contributed by atoms with Gasteiger partial charge in [-0.05, 0) is 43.9 Å². The fraction of sp³-hybridized carbons (Fsp3) is 0.533. The average Bonchev–Trinajstić information content (AvgIpc) is 2.36. The molecule has 1 aromatic carbocycles. The van der Waals surface area contributed by atoms with Gasteiger partial charge in [-0.25, -0.2) is 4.79 Å². The first kappa shape index (κ1) is 15.3. The molecule has 0 heterocycles. The van der Waals surface area contributed by atoms with Crippen molar-refractivity contribution in [3.63, 3.8) is 0 Å². The fourth-order valence-corrected chi connectivity index (χ4v) is 1.72. The van der Waals surface area contributed by atoms with Crippen molar-refractivity contribution in [1.29, 1.82) is 0 Å². The number of hydrogen-bond donors (Lipinski definition) is 1. The summed E-state index contributed by atoms with van der Waals surface area (Å²) in [6, 6.07) is 5.03. The van der Waals surface area contributed by atoms with Crippen LogP contribution in [-0.4, -0.2) is 19.2 Å². The number of carbonyl (C=O) groups excluding carboxylic acids is 1. The SMILES string of the molecule is CCOC(=O)c1cc(N)ccc1OCCCC(C)C. The summed E-state index contributed by atoms with van der Waals surface area (Å²) in [5, 5.41) is 0. The molecule has 4 heteroatoms. The van der Waals surface area contributed by atoms with E-state index in [1.54, 1.807) is 25.1 Å². The zero-order chi connectivity index (χ0) is 14.3. The minimum absolute atomic E-state index is 0.334. The first-order chi connectivity index (χ1) is 9.04. The minimum Gasteiger partial charge on any atom is -0.493 e. The number of hydrogen-bond acceptors (Lipinski definition) is 4. The highest BCUT2D eigenvalue weighted by Gasteiger charge is 2.14. The third kappa shape index (κ3) is 5.20. The van der Waals surface area contributed by atoms with E-state index in [1.165, 1.54) is 0 Å². The molecule has 0 aliphatic carbocycles. The smallest absolute Gasteiger partial charge is 0.341 e. The summed E-state index contributed by atoms with van der Waals surface area (Å²) in [5.74, 6) is 0.796. The standard InChI is InChI=1S/C15H23NO3/c1-4-18-15(17)13-10-12(16)7-8-14(13)19-9-5-6-11(2)3/h7-8,10-11H,4-6,9,16H2,1-3H3. The summed E-state index contributed by atoms with van der Waals surface area (Å²) in [6.07, 6.45) is 2.06. The molecule has 0 bridgehead atoms. The lowest BCUT2D eigenvalue weighted by atomic mass is 10.1. The van der Waals surface area contributed by atoms with Crippen molar-refractivity contribution in [3.8, 4) is 5.75 Å². The maximum absolute atomic E-state index is 11.8. The predicted octanol–water partition coefficient (Wildman–Crippen LogP) is 3.26. The first-order valence-electron chi connectivity index (χ1n) is 6.74. The molecule has 0 saturated carbocycles. The van der Waals surface area contributed by atoms with E-state index in [0.29, 0.717) is 36.1 Å². The monoisotopic (exact) mass is 265 g/mol. The minimum atomic E-state index is -0.395. The van der Waals surface area contributed by atoms with Crippen molar-refractivity contribution in [3.05, 3.63) is 23.8 Å². The molecule has 2 N–H and O–H groups in total. The average molecular weight is 265 g/mol. The molecule has 1 aromatic rings. The van der Waals surface area contributed by atoms with Crippen LogP contribution in [0.1, 0.15) is 44.0 Å². The predicted molar refractivity (Wildman–Crippen MR) is 76.4 cm³/mol. The lowest BCUT2D eigenvalue weighted by molar-refractivity contribution is 0.0521. The Morgan fingerprint density at radius 3 is 2.74 bits per heavy atom. The molecule has 0 radical (unpaired) electrons. The normalized spacial score (nSPS) is 10.5. The Bertz CT molecular complexity index is 416. The van der Waals surface area contributed by atoms with Gasteiger partial charge in [-0.3, -0.25) is 0 Å². The maximum Gasteiger partial charge on any atom is 0.341 e. The Kier molecular flexibility index (Phi) is 6.19. The molecular weight excluding hydrogens is 242 g/mol. The molecule has 0 saturated heterocycles. The number of nitrogens with two attached hydrogens (primary N) is 1. The van der Waals surface area contributed by atoms with Crippen molar-refractivity contribution in [1.82, 2.24) is 0 Å². The van der Waals surface area contributed by atoms with E-state index in [0.717, 1.165) is 12.8 Å². The first-order valence-corrected chi connectivity index (χ1v) is 6.74. The molecule has 4 nitrogen and oxygen atoms in total. The third-order valence-electron chi connectivity index (χ3n) is 2.68. The molecule has 0 atom stereocenters. The number of benzene rings is 1. The maximum atomic E-state index is 11.8. The van der Waals surface area contributed by atoms with Crippen LogP contribution in [0.5, 0.6) is 5.75 Å². The molecule has 0 unspecified atom stereocenters. The largest absolute Gasteiger partial charge is 0.493 e. The molecule has 19 heavy (non-hydrogen) atoms. The van der Waals surface area contributed by atoms with Gasteiger partial charge in [0.2, 0.25) is 0 Å². The van der Waals surface area contributed by atoms with Crippen LogP contribution in [0.2, 0.25) is 0 Å². The van der Waals surface area contributed by atoms with Crippen LogP contribution in [0.4, 0.5) is 5.69 Å². The zero-order valence-electron chi connectivity index (χ0n) is 11.9. The van der Waals surface area contributed by atoms with Gasteiger partial charge in [0.15, 0.2) is 0 Å². The number of esters is 1. The van der Waals surface area contributed by atoms with E-state index in [9.17, 15) is 4.79 Å². The van der Waals surface area contributed by atoms with Gasteiger partial charge in [-0.2, -0.15) is 0 Å². The van der Waals surface area contributed by atoms with E-state index in [1.807, 2.05) is 0 Å². The zero-order valence-corrected chi connectivity index (χ0v) is 11.9. The number of anilines is 1. The molecular formula is C15H23NO3. The summed E-state index contributed by atoms with van der Waals surface area (Å²) in [4.78, 5) is 11.8. The summed E-state index contributed by atoms with van der Waals surface area (Å²) in [5.41, 5.74) is 6.61. The third-order valence-corrected chi connectivity index (χ3v) is 2.68. The second-order valence-electron chi connectivity index (χ2n) is 4.86. The van der Waals surface area contributed by atoms with Crippen molar-refractivity contribution in [2.24, 2.45) is 5.92 Å². The van der Waals surface area contributed by atoms with E-state index < -0.39 is 5.97 Å². The summed E-state index contributed by atoms with van der Waals surface area (Å²) in [7, 11) is 0. The molecule has 106 valence electrons. The highest BCUT2D eigenvalue weighted by molar-refractivity contribution is 5.93. The van der Waals surface area contributed by atoms with Crippen LogP contribution >= 0.6 is 0 Å². The van der Waals surface area contributed by atoms with Gasteiger partial charge >= 0.3 is 5.97 Å². The molecule has 0 aliphatic heterocycles. The van der Waals surface area contributed by atoms with Crippen LogP contribution < -0.4 is 10.5 Å². The van der Waals surface area contributed by atoms with Crippen LogP contribution in [0.3, 0.4) is 0 Å². The second-order valence-corrected chi connectivity index (χ2v) is 4.86. The summed E-state index contributed by atoms with van der Waals surface area (Å²) in [6.45, 7) is 7.04. The second kappa shape index (κ2) is 7.67. The van der Waals surface area contributed by atoms with Gasteiger partial charge in [0.1, 0.15) is 11.3 Å². The molecule has 0 fully saturated rings. The van der Waals surface area contributed by atoms with E-state index in [2.05, 4.69) is 13.8 Å². The molecule has 1 rings (SSSR count). The van der Waals surface area contributed by atoms with Gasteiger partial charge in [-0.15, -0.1) is 0 Å². The van der Waals surface area contributed by atoms with Crippen LogP contribution in [0.15, 0.2) is 18.2 Å². The number of ether oxygens (including phenoxy) is 2. The quantitative estimate of drug-likeness (QED) is 0.467. The van der Waals surface area contributed by atoms with Gasteiger partial charge in [0, 0.05) is 5.69 Å². The van der Waals surface area contributed by atoms with Crippen LogP contribution in [0, 0.1) is 5.92 Å². The van der Waals surface area contributed by atoms with Crippen LogP contribution in [0.25, 0.3) is 0 Å². The Balaban J connectivity index is 2.68. The molecule has 0 spiro atoms. The molecule has 0 aromatic heterocycles. The van der Waals surface area contributed by atoms with Gasteiger partial charge in [0.05, 0.1) is 13.2 Å². The highest BCUT2D eigenvalue weighted by Crippen LogP contribution is 2.23.